The monoisotopic (exact) mass is 253 g/mol. The molecule has 0 atom stereocenters. The van der Waals surface area contributed by atoms with Crippen LogP contribution in [0.25, 0.3) is 0 Å². The first kappa shape index (κ1) is 11.9. The van der Waals surface area contributed by atoms with Gasteiger partial charge in [0.1, 0.15) is 4.49 Å². The van der Waals surface area contributed by atoms with Crippen LogP contribution in [0.3, 0.4) is 0 Å². The molecule has 1 nitrogen and oxygen atoms in total. The van der Waals surface area contributed by atoms with Crippen LogP contribution >= 0.6 is 58.0 Å². The first-order valence-electron chi connectivity index (χ1n) is 2.46. The van der Waals surface area contributed by atoms with E-state index in [9.17, 15) is 0 Å². The van der Waals surface area contributed by atoms with Crippen LogP contribution in [-0.2, 0) is 0 Å². The Morgan fingerprint density at radius 1 is 0.909 bits per heavy atom. The third-order valence-corrected chi connectivity index (χ3v) is 2.68. The summed E-state index contributed by atoms with van der Waals surface area (Å²) in [4.78, 5) is 0. The number of allylic oxidation sites excluding steroid dienone is 2. The molecule has 0 rings (SSSR count). The highest BCUT2D eigenvalue weighted by atomic mass is 35.5. The normalized spacial score (nSPS) is 12.5. The summed E-state index contributed by atoms with van der Waals surface area (Å²) in [6.45, 7) is 0.0949. The van der Waals surface area contributed by atoms with Crippen LogP contribution in [0.2, 0.25) is 0 Å². The second-order valence-electron chi connectivity index (χ2n) is 1.50. The third-order valence-electron chi connectivity index (χ3n) is 0.776. The van der Waals surface area contributed by atoms with Crippen molar-refractivity contribution < 1.29 is 0 Å². The molecule has 0 saturated heterocycles. The molecule has 0 amide bonds. The van der Waals surface area contributed by atoms with Crippen LogP contribution < -0.4 is 5.73 Å². The molecule has 0 aliphatic heterocycles. The Bertz CT molecular complexity index is 203. The molecule has 0 fully saturated rings. The van der Waals surface area contributed by atoms with Gasteiger partial charge >= 0.3 is 0 Å². The second-order valence-corrected chi connectivity index (χ2v) is 3.66. The molecule has 64 valence electrons. The van der Waals surface area contributed by atoms with Crippen LogP contribution in [0.1, 0.15) is 0 Å². The molecule has 0 radical (unpaired) electrons. The molecule has 2 N–H and O–H groups in total. The van der Waals surface area contributed by atoms with Crippen LogP contribution in [0.15, 0.2) is 19.6 Å². The molecule has 0 unspecified atom stereocenters. The zero-order chi connectivity index (χ0) is 9.02. The summed E-state index contributed by atoms with van der Waals surface area (Å²) in [5.41, 5.74) is 5.17. The van der Waals surface area contributed by atoms with Gasteiger partial charge in [-0.3, -0.25) is 0 Å². The van der Waals surface area contributed by atoms with E-state index in [4.69, 9.17) is 63.7 Å². The summed E-state index contributed by atoms with van der Waals surface area (Å²) in [5, 5.41) is 0.303. The van der Waals surface area contributed by atoms with E-state index in [0.717, 1.165) is 0 Å². The van der Waals surface area contributed by atoms with E-state index in [-0.39, 0.29) is 26.1 Å². The van der Waals surface area contributed by atoms with E-state index in [1.54, 1.807) is 0 Å². The van der Waals surface area contributed by atoms with Gasteiger partial charge < -0.3 is 5.73 Å². The average Bonchev–Trinajstić information content (AvgIpc) is 2.00. The number of rotatable bonds is 2. The van der Waals surface area contributed by atoms with Gasteiger partial charge in [0.25, 0.3) is 0 Å². The fourth-order valence-electron chi connectivity index (χ4n) is 0.292. The Balaban J connectivity index is 4.75. The molecule has 0 saturated carbocycles. The van der Waals surface area contributed by atoms with Crippen LogP contribution in [0.5, 0.6) is 0 Å². The Kier molecular flexibility index (Phi) is 5.97. The largest absolute Gasteiger partial charge is 0.326 e. The summed E-state index contributed by atoms with van der Waals surface area (Å²) in [6, 6.07) is 0. The number of halogens is 5. The quantitative estimate of drug-likeness (QED) is 0.751. The third kappa shape index (κ3) is 3.88. The molecule has 0 aliphatic carbocycles. The van der Waals surface area contributed by atoms with Gasteiger partial charge in [-0.1, -0.05) is 58.0 Å². The van der Waals surface area contributed by atoms with Crippen molar-refractivity contribution in [3.63, 3.8) is 0 Å². The number of hydrogen-bond donors (Lipinski definition) is 1. The number of hydrogen-bond acceptors (Lipinski definition) is 1. The zero-order valence-corrected chi connectivity index (χ0v) is 8.95. The highest BCUT2D eigenvalue weighted by Gasteiger charge is 2.07. The predicted octanol–water partition coefficient (Wildman–Crippen LogP) is 3.52. The summed E-state index contributed by atoms with van der Waals surface area (Å²) >= 11 is 27.3. The summed E-state index contributed by atoms with van der Waals surface area (Å²) < 4.78 is -0.136. The van der Waals surface area contributed by atoms with Crippen LogP contribution in [-0.4, -0.2) is 6.54 Å². The highest BCUT2D eigenvalue weighted by molar-refractivity contribution is 6.62. The topological polar surface area (TPSA) is 26.0 Å². The van der Waals surface area contributed by atoms with Crippen molar-refractivity contribution in [1.82, 2.24) is 0 Å². The maximum absolute atomic E-state index is 5.59. The lowest BCUT2D eigenvalue weighted by Crippen LogP contribution is -1.99. The van der Waals surface area contributed by atoms with Gasteiger partial charge in [-0.2, -0.15) is 0 Å². The predicted molar refractivity (Wildman–Crippen MR) is 52.4 cm³/mol. The van der Waals surface area contributed by atoms with Crippen LogP contribution in [0.4, 0.5) is 0 Å². The lowest BCUT2D eigenvalue weighted by molar-refractivity contribution is 1.22. The van der Waals surface area contributed by atoms with E-state index in [1.807, 2.05) is 0 Å². The molecule has 11 heavy (non-hydrogen) atoms. The van der Waals surface area contributed by atoms with Gasteiger partial charge in [-0.05, 0) is 0 Å². The minimum atomic E-state index is -0.136. The van der Waals surface area contributed by atoms with Crippen molar-refractivity contribution in [3.8, 4) is 0 Å². The van der Waals surface area contributed by atoms with E-state index in [1.165, 1.54) is 0 Å². The molecule has 0 aromatic heterocycles. The first-order valence-corrected chi connectivity index (χ1v) is 4.35. The lowest BCUT2D eigenvalue weighted by atomic mass is 10.5. The van der Waals surface area contributed by atoms with Crippen molar-refractivity contribution in [1.29, 1.82) is 0 Å². The van der Waals surface area contributed by atoms with Crippen LogP contribution in [0, 0.1) is 0 Å². The molecule has 0 bridgehead atoms. The Hall–Kier alpha value is 0.890. The molecule has 0 aromatic rings. The van der Waals surface area contributed by atoms with Gasteiger partial charge in [-0.25, -0.2) is 0 Å². The molecule has 0 aliphatic rings. The SMILES string of the molecule is NCC(Cl)=C(Cl)C(Cl)=C(Cl)Cl. The Labute approximate surface area is 89.7 Å². The standard InChI is InChI=1S/C5H4Cl5N/c6-2(1-11)3(7)4(8)5(9)10/h1,11H2. The lowest BCUT2D eigenvalue weighted by Gasteiger charge is -1.99. The smallest absolute Gasteiger partial charge is 0.126 e. The molecule has 0 heterocycles. The molecule has 0 spiro atoms. The second kappa shape index (κ2) is 5.52. The van der Waals surface area contributed by atoms with Gasteiger partial charge in [0, 0.05) is 6.54 Å². The summed E-state index contributed by atoms with van der Waals surface area (Å²) in [7, 11) is 0. The Morgan fingerprint density at radius 3 is 1.64 bits per heavy atom. The maximum Gasteiger partial charge on any atom is 0.126 e. The van der Waals surface area contributed by atoms with E-state index >= 15 is 0 Å². The van der Waals surface area contributed by atoms with E-state index < -0.39 is 0 Å². The average molecular weight is 255 g/mol. The summed E-state index contributed by atoms with van der Waals surface area (Å²) in [5.74, 6) is 0. The first-order chi connectivity index (χ1) is 5.00. The molecular weight excluding hydrogens is 251 g/mol. The molecule has 6 heteroatoms. The molecular formula is C5H4Cl5N. The fraction of sp³-hybridized carbons (Fsp3) is 0.200. The van der Waals surface area contributed by atoms with Gasteiger partial charge in [0.15, 0.2) is 0 Å². The fourth-order valence-corrected chi connectivity index (χ4v) is 1.01. The zero-order valence-electron chi connectivity index (χ0n) is 5.17. The Morgan fingerprint density at radius 2 is 1.36 bits per heavy atom. The van der Waals surface area contributed by atoms with Crippen molar-refractivity contribution >= 4 is 58.0 Å². The van der Waals surface area contributed by atoms with E-state index in [2.05, 4.69) is 0 Å². The van der Waals surface area contributed by atoms with Crippen molar-refractivity contribution in [2.24, 2.45) is 5.73 Å². The van der Waals surface area contributed by atoms with Gasteiger partial charge in [-0.15, -0.1) is 0 Å². The molecule has 0 aromatic carbocycles. The van der Waals surface area contributed by atoms with E-state index in [0.29, 0.717) is 0 Å². The maximum atomic E-state index is 5.59. The van der Waals surface area contributed by atoms with Crippen molar-refractivity contribution in [2.75, 3.05) is 6.54 Å². The van der Waals surface area contributed by atoms with Crippen molar-refractivity contribution in [2.45, 2.75) is 0 Å². The highest BCUT2D eigenvalue weighted by Crippen LogP contribution is 2.30. The number of nitrogens with two attached hydrogens (primary N) is 1. The summed E-state index contributed by atoms with van der Waals surface area (Å²) in [6.07, 6.45) is 0. The van der Waals surface area contributed by atoms with Crippen molar-refractivity contribution in [3.05, 3.63) is 19.6 Å². The minimum Gasteiger partial charge on any atom is -0.326 e. The van der Waals surface area contributed by atoms with Gasteiger partial charge in [0.05, 0.1) is 15.1 Å². The van der Waals surface area contributed by atoms with Gasteiger partial charge in [0.2, 0.25) is 0 Å². The minimum absolute atomic E-state index is 0.00505.